The lowest BCUT2D eigenvalue weighted by Gasteiger charge is -2.37. The molecule has 1 N–H and O–H groups in total. The summed E-state index contributed by atoms with van der Waals surface area (Å²) in [4.78, 5) is 10.9. The fourth-order valence-electron chi connectivity index (χ4n) is 3.02. The maximum Gasteiger partial charge on any atom is 0.213 e. The summed E-state index contributed by atoms with van der Waals surface area (Å²) in [6.07, 6.45) is 3.07. The number of likely N-dealkylation sites (tertiary alicyclic amines) is 1. The highest BCUT2D eigenvalue weighted by Gasteiger charge is 2.23. The van der Waals surface area contributed by atoms with E-state index in [0.717, 1.165) is 31.2 Å². The molecule has 5 heteroatoms. The first-order valence-electron chi connectivity index (χ1n) is 7.57. The molecule has 1 aliphatic heterocycles. The van der Waals surface area contributed by atoms with Crippen molar-refractivity contribution in [1.29, 1.82) is 0 Å². The number of aromatic nitrogens is 1. The summed E-state index contributed by atoms with van der Waals surface area (Å²) >= 11 is 0. The molecule has 1 aliphatic rings. The van der Waals surface area contributed by atoms with Gasteiger partial charge in [0.05, 0.1) is 7.11 Å². The van der Waals surface area contributed by atoms with Crippen LogP contribution in [-0.4, -0.2) is 43.1 Å². The largest absolute Gasteiger partial charge is 0.481 e. The Balaban J connectivity index is 1.96. The average molecular weight is 290 g/mol. The third-order valence-electron chi connectivity index (χ3n) is 3.84. The van der Waals surface area contributed by atoms with Crippen LogP contribution < -0.4 is 10.1 Å². The Morgan fingerprint density at radius 1 is 1.43 bits per heavy atom. The Morgan fingerprint density at radius 2 is 2.14 bits per heavy atom. The van der Waals surface area contributed by atoms with Crippen LogP contribution in [0.5, 0.6) is 5.88 Å². The molecule has 0 aliphatic carbocycles. The number of ether oxygens (including phenoxy) is 1. The molecule has 2 rings (SSSR count). The van der Waals surface area contributed by atoms with E-state index in [1.165, 1.54) is 6.42 Å². The summed E-state index contributed by atoms with van der Waals surface area (Å²) in [6.45, 7) is 7.49. The van der Waals surface area contributed by atoms with Crippen molar-refractivity contribution in [2.24, 2.45) is 16.8 Å². The summed E-state index contributed by atoms with van der Waals surface area (Å²) in [5, 5.41) is 3.44. The van der Waals surface area contributed by atoms with Gasteiger partial charge in [-0.15, -0.1) is 0 Å². The zero-order valence-electron chi connectivity index (χ0n) is 13.5. The normalized spacial score (nSPS) is 23.0. The van der Waals surface area contributed by atoms with Gasteiger partial charge >= 0.3 is 0 Å². The number of guanidine groups is 1. The molecule has 1 fully saturated rings. The van der Waals surface area contributed by atoms with Gasteiger partial charge in [-0.1, -0.05) is 13.8 Å². The number of pyridine rings is 1. The van der Waals surface area contributed by atoms with Gasteiger partial charge in [-0.2, -0.15) is 0 Å². The Hall–Kier alpha value is -1.78. The van der Waals surface area contributed by atoms with Crippen LogP contribution in [0.2, 0.25) is 0 Å². The first-order valence-corrected chi connectivity index (χ1v) is 7.57. The molecule has 0 saturated carbocycles. The van der Waals surface area contributed by atoms with Crippen molar-refractivity contribution in [2.75, 3.05) is 27.2 Å². The van der Waals surface area contributed by atoms with Crippen LogP contribution in [0.25, 0.3) is 0 Å². The van der Waals surface area contributed by atoms with Crippen molar-refractivity contribution in [3.05, 3.63) is 23.9 Å². The summed E-state index contributed by atoms with van der Waals surface area (Å²) in [5.74, 6) is 3.05. The van der Waals surface area contributed by atoms with E-state index in [2.05, 4.69) is 34.0 Å². The molecule has 2 atom stereocenters. The van der Waals surface area contributed by atoms with Crippen LogP contribution in [0.1, 0.15) is 25.8 Å². The third-order valence-corrected chi connectivity index (χ3v) is 3.84. The van der Waals surface area contributed by atoms with Crippen molar-refractivity contribution in [3.63, 3.8) is 0 Å². The average Bonchev–Trinajstić information content (AvgIpc) is 2.47. The molecule has 0 bridgehead atoms. The molecule has 0 amide bonds. The molecular formula is C16H26N4O. The summed E-state index contributed by atoms with van der Waals surface area (Å²) in [6, 6.07) is 3.94. The van der Waals surface area contributed by atoms with Crippen LogP contribution >= 0.6 is 0 Å². The van der Waals surface area contributed by atoms with Crippen LogP contribution in [0.3, 0.4) is 0 Å². The summed E-state index contributed by atoms with van der Waals surface area (Å²) < 4.78 is 5.15. The second-order valence-electron chi connectivity index (χ2n) is 5.96. The Kier molecular flexibility index (Phi) is 5.42. The quantitative estimate of drug-likeness (QED) is 0.684. The van der Waals surface area contributed by atoms with E-state index < -0.39 is 0 Å². The standard InChI is InChI=1S/C16H26N4O/c1-12-7-13(2)11-20(10-12)16(17-3)19-9-14-5-6-18-15(8-14)21-4/h5-6,8,12-13H,7,9-11H2,1-4H3,(H,17,19). The maximum atomic E-state index is 5.15. The van der Waals surface area contributed by atoms with E-state index in [4.69, 9.17) is 4.74 Å². The zero-order chi connectivity index (χ0) is 15.2. The van der Waals surface area contributed by atoms with Crippen LogP contribution in [0.15, 0.2) is 23.3 Å². The van der Waals surface area contributed by atoms with E-state index in [-0.39, 0.29) is 0 Å². The van der Waals surface area contributed by atoms with Gasteiger partial charge in [-0.3, -0.25) is 4.99 Å². The van der Waals surface area contributed by atoms with E-state index in [1.54, 1.807) is 13.3 Å². The van der Waals surface area contributed by atoms with Gasteiger partial charge in [-0.25, -0.2) is 4.98 Å². The van der Waals surface area contributed by atoms with Gasteiger partial charge in [0.15, 0.2) is 5.96 Å². The third kappa shape index (κ3) is 4.34. The van der Waals surface area contributed by atoms with Gasteiger partial charge in [0.1, 0.15) is 0 Å². The minimum absolute atomic E-state index is 0.643. The number of methoxy groups -OCH3 is 1. The Morgan fingerprint density at radius 3 is 2.76 bits per heavy atom. The predicted octanol–water partition coefficient (Wildman–Crippen LogP) is 2.14. The van der Waals surface area contributed by atoms with E-state index in [9.17, 15) is 0 Å². The number of nitrogens with one attached hydrogen (secondary N) is 1. The predicted molar refractivity (Wildman–Crippen MR) is 85.5 cm³/mol. The molecule has 2 unspecified atom stereocenters. The Labute approximate surface area is 127 Å². The summed E-state index contributed by atoms with van der Waals surface area (Å²) in [5.41, 5.74) is 1.14. The SMILES string of the molecule is CN=C(NCc1ccnc(OC)c1)N1CC(C)CC(C)C1. The van der Waals surface area contributed by atoms with Crippen molar-refractivity contribution in [2.45, 2.75) is 26.8 Å². The molecule has 0 aromatic carbocycles. The van der Waals surface area contributed by atoms with E-state index in [1.807, 2.05) is 19.2 Å². The maximum absolute atomic E-state index is 5.15. The van der Waals surface area contributed by atoms with Crippen molar-refractivity contribution < 1.29 is 4.74 Å². The molecule has 1 saturated heterocycles. The van der Waals surface area contributed by atoms with Crippen molar-refractivity contribution in [3.8, 4) is 5.88 Å². The molecule has 0 spiro atoms. The number of piperidine rings is 1. The topological polar surface area (TPSA) is 49.8 Å². The van der Waals surface area contributed by atoms with Gasteiger partial charge in [0, 0.05) is 38.9 Å². The zero-order valence-corrected chi connectivity index (χ0v) is 13.5. The smallest absolute Gasteiger partial charge is 0.213 e. The van der Waals surface area contributed by atoms with Crippen LogP contribution in [0.4, 0.5) is 0 Å². The van der Waals surface area contributed by atoms with E-state index >= 15 is 0 Å². The second-order valence-corrected chi connectivity index (χ2v) is 5.96. The van der Waals surface area contributed by atoms with Gasteiger partial charge < -0.3 is 15.0 Å². The van der Waals surface area contributed by atoms with Gasteiger partial charge in [-0.05, 0) is 29.9 Å². The minimum Gasteiger partial charge on any atom is -0.481 e. The van der Waals surface area contributed by atoms with Crippen molar-refractivity contribution >= 4 is 5.96 Å². The number of nitrogens with zero attached hydrogens (tertiary/aromatic N) is 3. The number of rotatable bonds is 3. The number of hydrogen-bond acceptors (Lipinski definition) is 3. The lowest BCUT2D eigenvalue weighted by Crippen LogP contribution is -2.48. The van der Waals surface area contributed by atoms with Crippen LogP contribution in [-0.2, 0) is 6.54 Å². The van der Waals surface area contributed by atoms with E-state index in [0.29, 0.717) is 17.7 Å². The fourth-order valence-corrected chi connectivity index (χ4v) is 3.02. The lowest BCUT2D eigenvalue weighted by atomic mass is 9.92. The molecule has 5 nitrogen and oxygen atoms in total. The highest BCUT2D eigenvalue weighted by atomic mass is 16.5. The molecular weight excluding hydrogens is 264 g/mol. The van der Waals surface area contributed by atoms with Crippen LogP contribution in [0, 0.1) is 11.8 Å². The number of hydrogen-bond donors (Lipinski definition) is 1. The van der Waals surface area contributed by atoms with Crippen molar-refractivity contribution in [1.82, 2.24) is 15.2 Å². The Bertz CT molecular complexity index is 479. The molecule has 1 aromatic rings. The fraction of sp³-hybridized carbons (Fsp3) is 0.625. The molecule has 2 heterocycles. The summed E-state index contributed by atoms with van der Waals surface area (Å²) in [7, 11) is 3.48. The highest BCUT2D eigenvalue weighted by molar-refractivity contribution is 5.80. The lowest BCUT2D eigenvalue weighted by molar-refractivity contribution is 0.208. The van der Waals surface area contributed by atoms with Gasteiger partial charge in [0.2, 0.25) is 5.88 Å². The highest BCUT2D eigenvalue weighted by Crippen LogP contribution is 2.21. The minimum atomic E-state index is 0.643. The molecule has 0 radical (unpaired) electrons. The molecule has 116 valence electrons. The molecule has 21 heavy (non-hydrogen) atoms. The molecule has 1 aromatic heterocycles. The number of aliphatic imine (C=N–C) groups is 1. The second kappa shape index (κ2) is 7.29. The monoisotopic (exact) mass is 290 g/mol. The first kappa shape index (κ1) is 15.6. The van der Waals surface area contributed by atoms with Gasteiger partial charge in [0.25, 0.3) is 0 Å². The first-order chi connectivity index (χ1) is 10.1.